The van der Waals surface area contributed by atoms with Gasteiger partial charge in [-0.3, -0.25) is 0 Å². The van der Waals surface area contributed by atoms with Crippen LogP contribution in [0.2, 0.25) is 0 Å². The zero-order valence-electron chi connectivity index (χ0n) is 8.91. The van der Waals surface area contributed by atoms with Crippen molar-refractivity contribution in [2.24, 2.45) is 0 Å². The van der Waals surface area contributed by atoms with Crippen LogP contribution in [-0.4, -0.2) is 38.5 Å². The first-order chi connectivity index (χ1) is 7.18. The van der Waals surface area contributed by atoms with Gasteiger partial charge in [-0.2, -0.15) is 17.4 Å². The fourth-order valence-electron chi connectivity index (χ4n) is 2.14. The lowest BCUT2D eigenvalue weighted by molar-refractivity contribution is 0.337. The number of nitrogens with one attached hydrogen (secondary N) is 2. The molecule has 0 aromatic carbocycles. The minimum absolute atomic E-state index is 0.0584. The Morgan fingerprint density at radius 1 is 1.13 bits per heavy atom. The Morgan fingerprint density at radius 3 is 2.47 bits per heavy atom. The van der Waals surface area contributed by atoms with E-state index in [1.165, 1.54) is 0 Å². The molecule has 0 bridgehead atoms. The Hall–Kier alpha value is -0.170. The van der Waals surface area contributed by atoms with E-state index in [-0.39, 0.29) is 6.17 Å². The quantitative estimate of drug-likeness (QED) is 0.722. The van der Waals surface area contributed by atoms with Gasteiger partial charge in [0.15, 0.2) is 0 Å². The summed E-state index contributed by atoms with van der Waals surface area (Å²) in [6.07, 6.45) is 5.00. The molecule has 1 unspecified atom stereocenters. The fourth-order valence-corrected chi connectivity index (χ4v) is 3.59. The van der Waals surface area contributed by atoms with Crippen molar-refractivity contribution in [3.05, 3.63) is 0 Å². The van der Waals surface area contributed by atoms with Crippen LogP contribution in [0.25, 0.3) is 0 Å². The van der Waals surface area contributed by atoms with Crippen LogP contribution in [0.5, 0.6) is 0 Å². The smallest absolute Gasteiger partial charge is 0.280 e. The highest BCUT2D eigenvalue weighted by Crippen LogP contribution is 2.13. The monoisotopic (exact) mass is 233 g/mol. The molecule has 1 atom stereocenters. The van der Waals surface area contributed by atoms with Crippen molar-refractivity contribution >= 4 is 10.2 Å². The molecule has 2 rings (SSSR count). The third-order valence-corrected chi connectivity index (χ3v) is 4.63. The lowest BCUT2D eigenvalue weighted by Crippen LogP contribution is -2.50. The fraction of sp³-hybridized carbons (Fsp3) is 1.00. The molecule has 0 radical (unpaired) electrons. The maximum atomic E-state index is 11.9. The van der Waals surface area contributed by atoms with Crippen LogP contribution in [0.3, 0.4) is 0 Å². The Labute approximate surface area is 91.4 Å². The standard InChI is InChI=1S/C9H19N3O2S/c13-15(14,11-9-5-4-6-10-9)12-7-2-1-3-8-12/h9-11H,1-8H2. The number of nitrogens with zero attached hydrogens (tertiary/aromatic N) is 1. The van der Waals surface area contributed by atoms with Crippen LogP contribution in [0.1, 0.15) is 32.1 Å². The van der Waals surface area contributed by atoms with Crippen LogP contribution in [0.4, 0.5) is 0 Å². The van der Waals surface area contributed by atoms with Crippen LogP contribution in [0, 0.1) is 0 Å². The maximum Gasteiger partial charge on any atom is 0.280 e. The molecule has 2 fully saturated rings. The van der Waals surface area contributed by atoms with Gasteiger partial charge in [-0.05, 0) is 32.2 Å². The van der Waals surface area contributed by atoms with E-state index >= 15 is 0 Å². The first kappa shape index (κ1) is 11.3. The second-order valence-electron chi connectivity index (χ2n) is 4.23. The summed E-state index contributed by atoms with van der Waals surface area (Å²) >= 11 is 0. The molecule has 88 valence electrons. The van der Waals surface area contributed by atoms with Crippen LogP contribution < -0.4 is 10.0 Å². The Kier molecular flexibility index (Phi) is 3.60. The zero-order chi connectivity index (χ0) is 10.7. The molecule has 2 saturated heterocycles. The van der Waals surface area contributed by atoms with E-state index in [9.17, 15) is 8.42 Å². The molecule has 2 aliphatic heterocycles. The zero-order valence-corrected chi connectivity index (χ0v) is 9.72. The average molecular weight is 233 g/mol. The van der Waals surface area contributed by atoms with E-state index in [0.717, 1.165) is 38.6 Å². The van der Waals surface area contributed by atoms with Gasteiger partial charge in [-0.1, -0.05) is 6.42 Å². The normalized spacial score (nSPS) is 29.5. The predicted molar refractivity (Wildman–Crippen MR) is 58.5 cm³/mol. The summed E-state index contributed by atoms with van der Waals surface area (Å²) in [5, 5.41) is 3.13. The van der Waals surface area contributed by atoms with Crippen molar-refractivity contribution in [2.45, 2.75) is 38.3 Å². The largest absolute Gasteiger partial charge is 0.301 e. The molecule has 0 aliphatic carbocycles. The molecular formula is C9H19N3O2S. The van der Waals surface area contributed by atoms with Crippen molar-refractivity contribution in [3.63, 3.8) is 0 Å². The molecular weight excluding hydrogens is 214 g/mol. The Bertz CT molecular complexity index is 292. The summed E-state index contributed by atoms with van der Waals surface area (Å²) in [4.78, 5) is 0. The van der Waals surface area contributed by atoms with Gasteiger partial charge in [0.25, 0.3) is 10.2 Å². The van der Waals surface area contributed by atoms with Crippen LogP contribution in [-0.2, 0) is 10.2 Å². The minimum atomic E-state index is -3.25. The van der Waals surface area contributed by atoms with E-state index in [4.69, 9.17) is 0 Å². The third kappa shape index (κ3) is 2.90. The summed E-state index contributed by atoms with van der Waals surface area (Å²) in [6, 6.07) is 0. The third-order valence-electron chi connectivity index (χ3n) is 3.01. The van der Waals surface area contributed by atoms with Gasteiger partial charge in [-0.15, -0.1) is 0 Å². The lowest BCUT2D eigenvalue weighted by atomic mass is 10.2. The Morgan fingerprint density at radius 2 is 1.87 bits per heavy atom. The number of piperidine rings is 1. The van der Waals surface area contributed by atoms with Gasteiger partial charge in [0.05, 0.1) is 6.17 Å². The second-order valence-corrected chi connectivity index (χ2v) is 5.93. The van der Waals surface area contributed by atoms with Crippen LogP contribution >= 0.6 is 0 Å². The summed E-state index contributed by atoms with van der Waals surface area (Å²) in [7, 11) is -3.25. The maximum absolute atomic E-state index is 11.9. The topological polar surface area (TPSA) is 61.4 Å². The molecule has 6 heteroatoms. The first-order valence-electron chi connectivity index (χ1n) is 5.69. The van der Waals surface area contributed by atoms with Gasteiger partial charge >= 0.3 is 0 Å². The van der Waals surface area contributed by atoms with Gasteiger partial charge in [0, 0.05) is 13.1 Å². The highest BCUT2D eigenvalue weighted by molar-refractivity contribution is 7.87. The van der Waals surface area contributed by atoms with Crippen molar-refractivity contribution in [1.82, 2.24) is 14.3 Å². The molecule has 2 N–H and O–H groups in total. The number of hydrogen-bond acceptors (Lipinski definition) is 3. The number of hydrogen-bond donors (Lipinski definition) is 2. The van der Waals surface area contributed by atoms with E-state index in [1.807, 2.05) is 0 Å². The summed E-state index contributed by atoms with van der Waals surface area (Å²) in [6.45, 7) is 2.25. The molecule has 0 aromatic rings. The number of rotatable bonds is 3. The van der Waals surface area contributed by atoms with Crippen molar-refractivity contribution in [1.29, 1.82) is 0 Å². The molecule has 5 nitrogen and oxygen atoms in total. The highest BCUT2D eigenvalue weighted by Gasteiger charge is 2.27. The molecule has 2 aliphatic rings. The van der Waals surface area contributed by atoms with Gasteiger partial charge in [-0.25, -0.2) is 0 Å². The molecule has 0 saturated carbocycles. The molecule has 2 heterocycles. The first-order valence-corrected chi connectivity index (χ1v) is 7.13. The van der Waals surface area contributed by atoms with Crippen molar-refractivity contribution < 1.29 is 8.42 Å². The van der Waals surface area contributed by atoms with Crippen molar-refractivity contribution in [2.75, 3.05) is 19.6 Å². The molecule has 15 heavy (non-hydrogen) atoms. The highest BCUT2D eigenvalue weighted by atomic mass is 32.2. The summed E-state index contributed by atoms with van der Waals surface area (Å²) in [5.41, 5.74) is 0. The summed E-state index contributed by atoms with van der Waals surface area (Å²) < 4.78 is 28.1. The second kappa shape index (κ2) is 4.78. The molecule has 0 spiro atoms. The van der Waals surface area contributed by atoms with E-state index in [0.29, 0.717) is 13.1 Å². The molecule has 0 aromatic heterocycles. The Balaban J connectivity index is 1.92. The predicted octanol–water partition coefficient (Wildman–Crippen LogP) is 0.0162. The van der Waals surface area contributed by atoms with Crippen molar-refractivity contribution in [3.8, 4) is 0 Å². The summed E-state index contributed by atoms with van der Waals surface area (Å²) in [5.74, 6) is 0. The lowest BCUT2D eigenvalue weighted by Gasteiger charge is -2.27. The van der Waals surface area contributed by atoms with E-state index < -0.39 is 10.2 Å². The van der Waals surface area contributed by atoms with Gasteiger partial charge in [0.2, 0.25) is 0 Å². The minimum Gasteiger partial charge on any atom is -0.301 e. The van der Waals surface area contributed by atoms with Gasteiger partial charge in [0.1, 0.15) is 0 Å². The SMILES string of the molecule is O=S(=O)(NC1CCCN1)N1CCCCC1. The van der Waals surface area contributed by atoms with Gasteiger partial charge < -0.3 is 5.32 Å². The molecule has 0 amide bonds. The average Bonchev–Trinajstić information content (AvgIpc) is 2.71. The van der Waals surface area contributed by atoms with E-state index in [2.05, 4.69) is 10.0 Å². The van der Waals surface area contributed by atoms with E-state index in [1.54, 1.807) is 4.31 Å². The van der Waals surface area contributed by atoms with Crippen LogP contribution in [0.15, 0.2) is 0 Å².